The summed E-state index contributed by atoms with van der Waals surface area (Å²) in [4.78, 5) is 43.5. The van der Waals surface area contributed by atoms with Crippen LogP contribution in [0, 0.1) is 18.6 Å². The van der Waals surface area contributed by atoms with Gasteiger partial charge < -0.3 is 20.9 Å². The van der Waals surface area contributed by atoms with Gasteiger partial charge >= 0.3 is 6.03 Å². The lowest BCUT2D eigenvalue weighted by atomic mass is 9.97. The van der Waals surface area contributed by atoms with Crippen molar-refractivity contribution in [3.63, 3.8) is 0 Å². The quantitative estimate of drug-likeness (QED) is 0.222. The Kier molecular flexibility index (Phi) is 7.67. The van der Waals surface area contributed by atoms with Crippen LogP contribution in [0.25, 0.3) is 11.3 Å². The largest absolute Gasteiger partial charge is 0.347 e. The van der Waals surface area contributed by atoms with Crippen LogP contribution in [0.15, 0.2) is 84.9 Å². The number of rotatable bonds is 7. The highest BCUT2D eigenvalue weighted by Crippen LogP contribution is 2.39. The predicted molar refractivity (Wildman–Crippen MR) is 158 cm³/mol. The van der Waals surface area contributed by atoms with Crippen LogP contribution < -0.4 is 20.9 Å². The van der Waals surface area contributed by atoms with Crippen molar-refractivity contribution in [1.29, 1.82) is 0 Å². The minimum absolute atomic E-state index is 0.0275. The molecule has 4 N–H and O–H groups in total. The zero-order valence-electron chi connectivity index (χ0n) is 23.2. The molecule has 6 rings (SSSR count). The maximum atomic E-state index is 15.0. The first-order chi connectivity index (χ1) is 21.3. The number of para-hydroxylation sites is 1. The van der Waals surface area contributed by atoms with Crippen molar-refractivity contribution in [2.24, 2.45) is 0 Å². The van der Waals surface area contributed by atoms with Crippen molar-refractivity contribution in [2.75, 3.05) is 10.2 Å². The maximum absolute atomic E-state index is 15.0. The van der Waals surface area contributed by atoms with Crippen LogP contribution in [-0.4, -0.2) is 38.0 Å². The average Bonchev–Trinajstić information content (AvgIpc) is 3.45. The molecule has 0 spiro atoms. The average molecular weight is 599 g/mol. The molecule has 0 saturated heterocycles. The van der Waals surface area contributed by atoms with Crippen LogP contribution in [0.1, 0.15) is 27.3 Å². The molecule has 1 unspecified atom stereocenters. The third-order valence-electron chi connectivity index (χ3n) is 6.99. The van der Waals surface area contributed by atoms with E-state index in [1.54, 1.807) is 36.7 Å². The Labute approximate surface area is 249 Å². The zero-order valence-corrected chi connectivity index (χ0v) is 23.2. The van der Waals surface area contributed by atoms with E-state index in [0.717, 1.165) is 22.6 Å². The standard InChI is InChI=1S/C31H25F3N8O2/c1-17-8-9-18(29(43)39-20-5-2-4-19(32)10-11-20)14-21(17)26-22-15-38-31(44)42(27-23(33)6-3-7-24(27)34)28(22)41-30(40-26)37-16-25-35-12-13-36-25/h2-14,19H,15-16H2,1H3,(H,35,36)(H,38,44)(H,39,43)(H,37,40,41). The first kappa shape index (κ1) is 28.4. The second-order valence-electron chi connectivity index (χ2n) is 9.95. The fourth-order valence-corrected chi connectivity index (χ4v) is 4.81. The maximum Gasteiger partial charge on any atom is 0.328 e. The number of imidazole rings is 1. The smallest absolute Gasteiger partial charge is 0.328 e. The number of fused-ring (bicyclic) bond motifs is 1. The summed E-state index contributed by atoms with van der Waals surface area (Å²) in [5, 5.41) is 8.47. The van der Waals surface area contributed by atoms with Gasteiger partial charge in [0.2, 0.25) is 5.95 Å². The molecule has 222 valence electrons. The van der Waals surface area contributed by atoms with Crippen molar-refractivity contribution < 1.29 is 22.8 Å². The van der Waals surface area contributed by atoms with Crippen molar-refractivity contribution in [2.45, 2.75) is 26.2 Å². The van der Waals surface area contributed by atoms with Gasteiger partial charge in [0, 0.05) is 34.8 Å². The van der Waals surface area contributed by atoms with Crippen molar-refractivity contribution in [3.8, 4) is 11.3 Å². The number of carbonyl (C=O) groups is 2. The number of H-pyrrole nitrogens is 1. The lowest BCUT2D eigenvalue weighted by Gasteiger charge is -2.31. The Balaban J connectivity index is 1.46. The number of hydrogen-bond donors (Lipinski definition) is 4. The Bertz CT molecular complexity index is 1830. The van der Waals surface area contributed by atoms with Crippen molar-refractivity contribution in [3.05, 3.63) is 119 Å². The number of alkyl halides is 1. The molecule has 0 saturated carbocycles. The molecule has 0 radical (unpaired) electrons. The van der Waals surface area contributed by atoms with E-state index in [2.05, 4.69) is 30.9 Å². The van der Waals surface area contributed by atoms with Gasteiger partial charge in [0.15, 0.2) is 5.82 Å². The molecule has 1 aliphatic heterocycles. The minimum Gasteiger partial charge on any atom is -0.347 e. The van der Waals surface area contributed by atoms with E-state index in [-0.39, 0.29) is 30.4 Å². The lowest BCUT2D eigenvalue weighted by Crippen LogP contribution is -2.43. The van der Waals surface area contributed by atoms with Crippen molar-refractivity contribution in [1.82, 2.24) is 30.6 Å². The van der Waals surface area contributed by atoms with Crippen LogP contribution in [0.3, 0.4) is 0 Å². The number of amides is 3. The summed E-state index contributed by atoms with van der Waals surface area (Å²) < 4.78 is 43.6. The number of carbonyl (C=O) groups excluding carboxylic acids is 2. The SMILES string of the molecule is Cc1ccc(C(=O)NC2=CC=CC(F)C=C2)cc1-c1nc(NCc2ncc[nH]2)nc2c1CNC(=O)N2c1c(F)cccc1F. The van der Waals surface area contributed by atoms with Gasteiger partial charge in [-0.05, 0) is 61.1 Å². The normalized spacial score (nSPS) is 15.7. The van der Waals surface area contributed by atoms with E-state index in [1.807, 2.05) is 6.92 Å². The van der Waals surface area contributed by atoms with Crippen molar-refractivity contribution >= 4 is 29.4 Å². The predicted octanol–water partition coefficient (Wildman–Crippen LogP) is 5.50. The van der Waals surface area contributed by atoms with Gasteiger partial charge in [-0.1, -0.05) is 18.2 Å². The summed E-state index contributed by atoms with van der Waals surface area (Å²) >= 11 is 0. The highest BCUT2D eigenvalue weighted by molar-refractivity contribution is 6.02. The van der Waals surface area contributed by atoms with Crippen LogP contribution in [0.4, 0.5) is 35.4 Å². The van der Waals surface area contributed by atoms with E-state index in [0.29, 0.717) is 28.3 Å². The first-order valence-electron chi connectivity index (χ1n) is 13.6. The molecule has 0 fully saturated rings. The lowest BCUT2D eigenvalue weighted by molar-refractivity contribution is 0.0967. The van der Waals surface area contributed by atoms with Gasteiger partial charge in [0.1, 0.15) is 29.3 Å². The number of aromatic nitrogens is 4. The molecule has 13 heteroatoms. The van der Waals surface area contributed by atoms with Gasteiger partial charge in [-0.2, -0.15) is 4.98 Å². The van der Waals surface area contributed by atoms with Gasteiger partial charge in [-0.25, -0.2) is 32.8 Å². The van der Waals surface area contributed by atoms with Crippen LogP contribution in [-0.2, 0) is 13.1 Å². The second-order valence-corrected chi connectivity index (χ2v) is 9.95. The molecule has 1 aliphatic carbocycles. The fourth-order valence-electron chi connectivity index (χ4n) is 4.81. The van der Waals surface area contributed by atoms with E-state index in [9.17, 15) is 22.8 Å². The fraction of sp³-hybridized carbons (Fsp3) is 0.129. The molecule has 44 heavy (non-hydrogen) atoms. The molecule has 4 aromatic rings. The summed E-state index contributed by atoms with van der Waals surface area (Å²) in [5.41, 5.74) is 2.06. The summed E-state index contributed by atoms with van der Waals surface area (Å²) in [5.74, 6) is -1.75. The third-order valence-corrected chi connectivity index (χ3v) is 6.99. The Morgan fingerprint density at radius 1 is 1.14 bits per heavy atom. The zero-order chi connectivity index (χ0) is 30.8. The number of aryl methyl sites for hydroxylation is 1. The Hall–Kier alpha value is -5.72. The molecule has 2 aliphatic rings. The molecule has 2 aromatic heterocycles. The molecular weight excluding hydrogens is 573 g/mol. The Morgan fingerprint density at radius 3 is 2.73 bits per heavy atom. The summed E-state index contributed by atoms with van der Waals surface area (Å²) in [6, 6.07) is 7.52. The summed E-state index contributed by atoms with van der Waals surface area (Å²) in [6.07, 6.45) is 9.22. The summed E-state index contributed by atoms with van der Waals surface area (Å²) in [6.45, 7) is 1.96. The molecule has 0 bridgehead atoms. The van der Waals surface area contributed by atoms with Crippen LogP contribution >= 0.6 is 0 Å². The number of urea groups is 1. The van der Waals surface area contributed by atoms with Crippen LogP contribution in [0.5, 0.6) is 0 Å². The highest BCUT2D eigenvalue weighted by Gasteiger charge is 2.34. The molecule has 10 nitrogen and oxygen atoms in total. The third kappa shape index (κ3) is 5.67. The molecular formula is C31H25F3N8O2. The van der Waals surface area contributed by atoms with E-state index >= 15 is 0 Å². The Morgan fingerprint density at radius 2 is 1.95 bits per heavy atom. The highest BCUT2D eigenvalue weighted by atomic mass is 19.1. The number of halogens is 3. The topological polar surface area (TPSA) is 128 Å². The molecule has 1 atom stereocenters. The number of allylic oxidation sites excluding steroid dienone is 5. The number of hydrogen-bond acceptors (Lipinski definition) is 6. The number of nitrogens with one attached hydrogen (secondary N) is 4. The number of benzene rings is 2. The van der Waals surface area contributed by atoms with Gasteiger partial charge in [0.25, 0.3) is 5.91 Å². The van der Waals surface area contributed by atoms with E-state index in [4.69, 9.17) is 4.98 Å². The van der Waals surface area contributed by atoms with Gasteiger partial charge in [-0.15, -0.1) is 0 Å². The van der Waals surface area contributed by atoms with Crippen LogP contribution in [0.2, 0.25) is 0 Å². The van der Waals surface area contributed by atoms with Gasteiger partial charge in [-0.3, -0.25) is 4.79 Å². The first-order valence-corrected chi connectivity index (χ1v) is 13.6. The monoisotopic (exact) mass is 598 g/mol. The second kappa shape index (κ2) is 11.9. The minimum atomic E-state index is -1.26. The molecule has 3 heterocycles. The van der Waals surface area contributed by atoms with Gasteiger partial charge in [0.05, 0.1) is 18.8 Å². The number of aromatic amines is 1. The molecule has 3 amide bonds. The van der Waals surface area contributed by atoms with E-state index in [1.165, 1.54) is 30.4 Å². The molecule has 2 aromatic carbocycles. The number of anilines is 3. The van der Waals surface area contributed by atoms with E-state index < -0.39 is 35.4 Å². The summed E-state index contributed by atoms with van der Waals surface area (Å²) in [7, 11) is 0. The number of nitrogens with zero attached hydrogens (tertiary/aromatic N) is 4.